The Balaban J connectivity index is 3.13. The van der Waals surface area contributed by atoms with Gasteiger partial charge in [-0.1, -0.05) is 11.6 Å². The highest BCUT2D eigenvalue weighted by Crippen LogP contribution is 2.17. The second-order valence-corrected chi connectivity index (χ2v) is 3.73. The van der Waals surface area contributed by atoms with Crippen LogP contribution in [-0.2, 0) is 0 Å². The molecule has 2 N–H and O–H groups in total. The van der Waals surface area contributed by atoms with Crippen LogP contribution in [0, 0.1) is 6.92 Å². The summed E-state index contributed by atoms with van der Waals surface area (Å²) in [5.74, 6) is -0.122. The van der Waals surface area contributed by atoms with Gasteiger partial charge in [-0.3, -0.25) is 4.79 Å². The van der Waals surface area contributed by atoms with E-state index < -0.39 is 5.38 Å². The van der Waals surface area contributed by atoms with E-state index in [0.29, 0.717) is 11.3 Å². The second kappa shape index (κ2) is 3.79. The van der Waals surface area contributed by atoms with Gasteiger partial charge in [-0.15, -0.1) is 11.6 Å². The smallest absolute Gasteiger partial charge is 0.182 e. The van der Waals surface area contributed by atoms with E-state index >= 15 is 0 Å². The summed E-state index contributed by atoms with van der Waals surface area (Å²) < 4.78 is 0. The number of nitrogen functional groups attached to an aromatic ring is 1. The maximum atomic E-state index is 11.5. The highest BCUT2D eigenvalue weighted by atomic mass is 35.5. The molecule has 0 amide bonds. The molecule has 1 rings (SSSR count). The Morgan fingerprint density at radius 3 is 2.69 bits per heavy atom. The highest BCUT2D eigenvalue weighted by Gasteiger charge is 2.14. The zero-order chi connectivity index (χ0) is 10.0. The van der Waals surface area contributed by atoms with Crippen molar-refractivity contribution in [3.8, 4) is 0 Å². The molecular formula is C10H12ClNO. The molecule has 2 nitrogen and oxygen atoms in total. The lowest BCUT2D eigenvalue weighted by atomic mass is 10.0. The minimum Gasteiger partial charge on any atom is -0.398 e. The number of nitrogens with two attached hydrogens (primary N) is 1. The Bertz CT molecular complexity index is 334. The number of halogens is 1. The van der Waals surface area contributed by atoms with Gasteiger partial charge < -0.3 is 5.73 Å². The lowest BCUT2D eigenvalue weighted by molar-refractivity contribution is 0.0992. The molecule has 1 unspecified atom stereocenters. The van der Waals surface area contributed by atoms with Crippen LogP contribution in [0.5, 0.6) is 0 Å². The van der Waals surface area contributed by atoms with E-state index in [9.17, 15) is 4.79 Å². The van der Waals surface area contributed by atoms with Crippen molar-refractivity contribution in [2.24, 2.45) is 0 Å². The number of alkyl halides is 1. The Labute approximate surface area is 82.7 Å². The van der Waals surface area contributed by atoms with Crippen LogP contribution < -0.4 is 5.73 Å². The van der Waals surface area contributed by atoms with Crippen molar-refractivity contribution < 1.29 is 4.79 Å². The van der Waals surface area contributed by atoms with E-state index in [0.717, 1.165) is 5.56 Å². The van der Waals surface area contributed by atoms with Crippen LogP contribution in [0.4, 0.5) is 5.69 Å². The Morgan fingerprint density at radius 1 is 1.54 bits per heavy atom. The van der Waals surface area contributed by atoms with Crippen molar-refractivity contribution in [2.45, 2.75) is 19.2 Å². The van der Waals surface area contributed by atoms with Crippen LogP contribution in [0.3, 0.4) is 0 Å². The van der Waals surface area contributed by atoms with E-state index in [2.05, 4.69) is 0 Å². The van der Waals surface area contributed by atoms with Crippen molar-refractivity contribution in [3.05, 3.63) is 29.3 Å². The normalized spacial score (nSPS) is 12.5. The van der Waals surface area contributed by atoms with E-state index in [-0.39, 0.29) is 5.78 Å². The molecule has 0 aliphatic rings. The van der Waals surface area contributed by atoms with Crippen LogP contribution in [0.1, 0.15) is 22.8 Å². The molecular weight excluding hydrogens is 186 g/mol. The van der Waals surface area contributed by atoms with Gasteiger partial charge in [0.25, 0.3) is 0 Å². The molecule has 0 heterocycles. The van der Waals surface area contributed by atoms with Gasteiger partial charge in [0.2, 0.25) is 0 Å². The Kier molecular flexibility index (Phi) is 2.94. The van der Waals surface area contributed by atoms with Gasteiger partial charge in [-0.25, -0.2) is 0 Å². The van der Waals surface area contributed by atoms with E-state index in [4.69, 9.17) is 17.3 Å². The number of anilines is 1. The molecule has 3 heteroatoms. The molecule has 0 bridgehead atoms. The molecule has 1 aromatic carbocycles. The van der Waals surface area contributed by atoms with E-state index in [1.165, 1.54) is 0 Å². The fraction of sp³-hybridized carbons (Fsp3) is 0.300. The third-order valence-electron chi connectivity index (χ3n) is 1.84. The lowest BCUT2D eigenvalue weighted by Crippen LogP contribution is -2.12. The number of Topliss-reactive ketones (excluding diaryl/α,β-unsaturated/α-hetero) is 1. The number of hydrogen-bond acceptors (Lipinski definition) is 2. The number of hydrogen-bond donors (Lipinski definition) is 1. The fourth-order valence-corrected chi connectivity index (χ4v) is 1.22. The van der Waals surface area contributed by atoms with Gasteiger partial charge in [0.1, 0.15) is 0 Å². The zero-order valence-corrected chi connectivity index (χ0v) is 8.43. The van der Waals surface area contributed by atoms with Gasteiger partial charge in [0.05, 0.1) is 5.38 Å². The standard InChI is InChI=1S/C10H12ClNO/c1-6-3-4-9(12)8(5-6)10(13)7(2)11/h3-5,7H,12H2,1-2H3. The maximum Gasteiger partial charge on any atom is 0.182 e. The first-order chi connectivity index (χ1) is 6.02. The SMILES string of the molecule is Cc1ccc(N)c(C(=O)C(C)Cl)c1. The summed E-state index contributed by atoms with van der Waals surface area (Å²) in [5, 5.41) is -0.524. The Hall–Kier alpha value is -1.02. The molecule has 0 radical (unpaired) electrons. The number of carbonyl (C=O) groups is 1. The van der Waals surface area contributed by atoms with Gasteiger partial charge in [-0.2, -0.15) is 0 Å². The van der Waals surface area contributed by atoms with E-state index in [1.54, 1.807) is 19.1 Å². The summed E-state index contributed by atoms with van der Waals surface area (Å²) >= 11 is 5.68. The first-order valence-corrected chi connectivity index (χ1v) is 4.50. The lowest BCUT2D eigenvalue weighted by Gasteiger charge is -2.06. The third-order valence-corrected chi connectivity index (χ3v) is 2.03. The average Bonchev–Trinajstić information content (AvgIpc) is 2.08. The number of ketones is 1. The highest BCUT2D eigenvalue weighted by molar-refractivity contribution is 6.34. The monoisotopic (exact) mass is 197 g/mol. The minimum atomic E-state index is -0.524. The second-order valence-electron chi connectivity index (χ2n) is 3.07. The summed E-state index contributed by atoms with van der Waals surface area (Å²) in [7, 11) is 0. The number of carbonyl (C=O) groups excluding carboxylic acids is 1. The van der Waals surface area contributed by atoms with E-state index in [1.807, 2.05) is 13.0 Å². The van der Waals surface area contributed by atoms with Crippen LogP contribution >= 0.6 is 11.6 Å². The summed E-state index contributed by atoms with van der Waals surface area (Å²) in [5.41, 5.74) is 7.66. The van der Waals surface area contributed by atoms with Gasteiger partial charge in [-0.05, 0) is 26.0 Å². The van der Waals surface area contributed by atoms with Gasteiger partial charge >= 0.3 is 0 Å². The fourth-order valence-electron chi connectivity index (χ4n) is 1.10. The van der Waals surface area contributed by atoms with Crippen LogP contribution in [0.2, 0.25) is 0 Å². The Morgan fingerprint density at radius 2 is 2.15 bits per heavy atom. The first kappa shape index (κ1) is 10.1. The number of aryl methyl sites for hydroxylation is 1. The van der Waals surface area contributed by atoms with Crippen molar-refractivity contribution in [2.75, 3.05) is 5.73 Å². The van der Waals surface area contributed by atoms with Crippen molar-refractivity contribution >= 4 is 23.1 Å². The molecule has 0 fully saturated rings. The van der Waals surface area contributed by atoms with Crippen LogP contribution in [-0.4, -0.2) is 11.2 Å². The molecule has 0 saturated heterocycles. The molecule has 0 aliphatic heterocycles. The molecule has 13 heavy (non-hydrogen) atoms. The molecule has 70 valence electrons. The van der Waals surface area contributed by atoms with Crippen LogP contribution in [0.15, 0.2) is 18.2 Å². The summed E-state index contributed by atoms with van der Waals surface area (Å²) in [6, 6.07) is 5.35. The average molecular weight is 198 g/mol. The van der Waals surface area contributed by atoms with Gasteiger partial charge in [0.15, 0.2) is 5.78 Å². The third kappa shape index (κ3) is 2.22. The summed E-state index contributed by atoms with van der Waals surface area (Å²) in [4.78, 5) is 11.5. The van der Waals surface area contributed by atoms with Crippen molar-refractivity contribution in [1.29, 1.82) is 0 Å². The molecule has 0 spiro atoms. The topological polar surface area (TPSA) is 43.1 Å². The molecule has 1 atom stereocenters. The number of benzene rings is 1. The van der Waals surface area contributed by atoms with Gasteiger partial charge in [0, 0.05) is 11.3 Å². The number of rotatable bonds is 2. The van der Waals surface area contributed by atoms with Crippen molar-refractivity contribution in [1.82, 2.24) is 0 Å². The summed E-state index contributed by atoms with van der Waals surface area (Å²) in [6.45, 7) is 3.56. The predicted octanol–water partition coefficient (Wildman–Crippen LogP) is 2.39. The summed E-state index contributed by atoms with van der Waals surface area (Å²) in [6.07, 6.45) is 0. The largest absolute Gasteiger partial charge is 0.398 e. The molecule has 1 aromatic rings. The quantitative estimate of drug-likeness (QED) is 0.450. The molecule has 0 aromatic heterocycles. The maximum absolute atomic E-state index is 11.5. The molecule has 0 saturated carbocycles. The predicted molar refractivity (Wildman–Crippen MR) is 55.2 cm³/mol. The zero-order valence-electron chi connectivity index (χ0n) is 7.67. The first-order valence-electron chi connectivity index (χ1n) is 4.07. The van der Waals surface area contributed by atoms with Crippen LogP contribution in [0.25, 0.3) is 0 Å². The molecule has 0 aliphatic carbocycles. The van der Waals surface area contributed by atoms with Crippen molar-refractivity contribution in [3.63, 3.8) is 0 Å². The minimum absolute atomic E-state index is 0.122.